The molecule has 8 heteroatoms. The van der Waals surface area contributed by atoms with Crippen LogP contribution in [-0.4, -0.2) is 32.0 Å². The maximum absolute atomic E-state index is 12.1. The molecule has 136 valence electrons. The molecule has 2 heterocycles. The van der Waals surface area contributed by atoms with Gasteiger partial charge in [0.1, 0.15) is 0 Å². The molecule has 0 atom stereocenters. The number of hydrogen-bond acceptors (Lipinski definition) is 5. The van der Waals surface area contributed by atoms with E-state index in [1.807, 2.05) is 26.0 Å². The van der Waals surface area contributed by atoms with Gasteiger partial charge < -0.3 is 5.32 Å². The highest BCUT2D eigenvalue weighted by Crippen LogP contribution is 2.07. The third-order valence-electron chi connectivity index (χ3n) is 3.96. The van der Waals surface area contributed by atoms with Gasteiger partial charge >= 0.3 is 0 Å². The summed E-state index contributed by atoms with van der Waals surface area (Å²) in [5.41, 5.74) is 2.46. The fourth-order valence-electron chi connectivity index (χ4n) is 2.65. The molecule has 1 N–H and O–H groups in total. The normalized spacial score (nSPS) is 10.4. The Morgan fingerprint density at radius 1 is 1.15 bits per heavy atom. The number of nitriles is 1. The van der Waals surface area contributed by atoms with E-state index in [9.17, 15) is 9.59 Å². The van der Waals surface area contributed by atoms with Crippen molar-refractivity contribution in [1.29, 1.82) is 5.26 Å². The highest BCUT2D eigenvalue weighted by molar-refractivity contribution is 5.94. The van der Waals surface area contributed by atoms with Crippen LogP contribution >= 0.6 is 0 Å². The summed E-state index contributed by atoms with van der Waals surface area (Å²) in [5, 5.41) is 20.2. The highest BCUT2D eigenvalue weighted by Gasteiger charge is 2.09. The van der Waals surface area contributed by atoms with Crippen LogP contribution in [-0.2, 0) is 6.54 Å². The molecule has 0 saturated carbocycles. The SMILES string of the molecule is Cc1cc(C)n(-c2ccc(=O)n(CCNC(=O)c3ccc(C#N)cc3)n2)n1. The van der Waals surface area contributed by atoms with Crippen molar-refractivity contribution in [3.05, 3.63) is 75.3 Å². The minimum absolute atomic E-state index is 0.230. The molecule has 0 aliphatic carbocycles. The molecule has 27 heavy (non-hydrogen) atoms. The van der Waals surface area contributed by atoms with Gasteiger partial charge in [0, 0.05) is 23.9 Å². The first-order valence-electron chi connectivity index (χ1n) is 8.38. The molecule has 0 bridgehead atoms. The van der Waals surface area contributed by atoms with E-state index in [1.54, 1.807) is 35.0 Å². The zero-order chi connectivity index (χ0) is 19.4. The molecular weight excluding hydrogens is 344 g/mol. The van der Waals surface area contributed by atoms with Crippen molar-refractivity contribution >= 4 is 5.91 Å². The van der Waals surface area contributed by atoms with Crippen LogP contribution < -0.4 is 10.9 Å². The Bertz CT molecular complexity index is 1070. The van der Waals surface area contributed by atoms with E-state index in [-0.39, 0.29) is 24.6 Å². The Morgan fingerprint density at radius 3 is 2.52 bits per heavy atom. The van der Waals surface area contributed by atoms with Crippen LogP contribution in [0.25, 0.3) is 5.82 Å². The van der Waals surface area contributed by atoms with Gasteiger partial charge in [-0.2, -0.15) is 10.4 Å². The number of carbonyl (C=O) groups excluding carboxylic acids is 1. The average molecular weight is 362 g/mol. The average Bonchev–Trinajstić information content (AvgIpc) is 3.01. The summed E-state index contributed by atoms with van der Waals surface area (Å²) in [6, 6.07) is 13.3. The molecule has 0 spiro atoms. The van der Waals surface area contributed by atoms with Gasteiger partial charge in [-0.05, 0) is 50.2 Å². The van der Waals surface area contributed by atoms with Crippen LogP contribution in [0, 0.1) is 25.2 Å². The molecule has 3 rings (SSSR count). The lowest BCUT2D eigenvalue weighted by Crippen LogP contribution is -2.32. The van der Waals surface area contributed by atoms with Crippen molar-refractivity contribution in [3.63, 3.8) is 0 Å². The van der Waals surface area contributed by atoms with E-state index in [4.69, 9.17) is 5.26 Å². The third kappa shape index (κ3) is 4.10. The first-order valence-corrected chi connectivity index (χ1v) is 8.38. The Morgan fingerprint density at radius 2 is 1.89 bits per heavy atom. The summed E-state index contributed by atoms with van der Waals surface area (Å²) in [6.07, 6.45) is 0. The molecule has 0 aliphatic rings. The smallest absolute Gasteiger partial charge is 0.266 e. The van der Waals surface area contributed by atoms with E-state index in [1.165, 1.54) is 10.7 Å². The second kappa shape index (κ2) is 7.66. The van der Waals surface area contributed by atoms with Crippen molar-refractivity contribution in [2.75, 3.05) is 6.54 Å². The molecule has 0 radical (unpaired) electrons. The molecule has 1 aromatic carbocycles. The minimum atomic E-state index is -0.276. The fourth-order valence-corrected chi connectivity index (χ4v) is 2.65. The number of nitrogens with one attached hydrogen (secondary N) is 1. The van der Waals surface area contributed by atoms with Gasteiger partial charge in [-0.3, -0.25) is 9.59 Å². The molecule has 3 aromatic rings. The number of amides is 1. The number of nitrogens with zero attached hydrogens (tertiary/aromatic N) is 5. The van der Waals surface area contributed by atoms with E-state index in [0.717, 1.165) is 11.4 Å². The Balaban J connectivity index is 1.68. The fraction of sp³-hybridized carbons (Fsp3) is 0.211. The van der Waals surface area contributed by atoms with Crippen molar-refractivity contribution in [2.24, 2.45) is 0 Å². The molecule has 1 amide bonds. The van der Waals surface area contributed by atoms with E-state index >= 15 is 0 Å². The minimum Gasteiger partial charge on any atom is -0.350 e. The van der Waals surface area contributed by atoms with Gasteiger partial charge in [-0.1, -0.05) is 0 Å². The number of rotatable bonds is 5. The number of benzene rings is 1. The second-order valence-corrected chi connectivity index (χ2v) is 6.04. The lowest BCUT2D eigenvalue weighted by atomic mass is 10.1. The van der Waals surface area contributed by atoms with Crippen molar-refractivity contribution < 1.29 is 4.79 Å². The third-order valence-corrected chi connectivity index (χ3v) is 3.96. The first kappa shape index (κ1) is 18.1. The number of aromatic nitrogens is 4. The monoisotopic (exact) mass is 362 g/mol. The van der Waals surface area contributed by atoms with Crippen molar-refractivity contribution in [1.82, 2.24) is 24.9 Å². The number of hydrogen-bond donors (Lipinski definition) is 1. The quantitative estimate of drug-likeness (QED) is 0.737. The largest absolute Gasteiger partial charge is 0.350 e. The zero-order valence-electron chi connectivity index (χ0n) is 15.0. The standard InChI is InChI=1S/C19H18N6O2/c1-13-11-14(2)25(22-13)17-7-8-18(26)24(23-17)10-9-21-19(27)16-5-3-15(12-20)4-6-16/h3-8,11H,9-10H2,1-2H3,(H,21,27). The maximum atomic E-state index is 12.1. The predicted octanol–water partition coefficient (Wildman–Crippen LogP) is 1.35. The van der Waals surface area contributed by atoms with Crippen LogP contribution in [0.1, 0.15) is 27.3 Å². The summed E-state index contributed by atoms with van der Waals surface area (Å²) in [5.74, 6) is 0.265. The Labute approximate surface area is 155 Å². The van der Waals surface area contributed by atoms with Gasteiger partial charge in [0.05, 0.1) is 23.9 Å². The van der Waals surface area contributed by atoms with Crippen LogP contribution in [0.15, 0.2) is 47.3 Å². The molecule has 0 saturated heterocycles. The molecule has 2 aromatic heterocycles. The van der Waals surface area contributed by atoms with Gasteiger partial charge in [-0.15, -0.1) is 5.10 Å². The predicted molar refractivity (Wildman–Crippen MR) is 98.6 cm³/mol. The van der Waals surface area contributed by atoms with Gasteiger partial charge in [0.2, 0.25) is 0 Å². The van der Waals surface area contributed by atoms with Crippen molar-refractivity contribution in [2.45, 2.75) is 20.4 Å². The topological polar surface area (TPSA) is 106 Å². The van der Waals surface area contributed by atoms with Crippen LogP contribution in [0.2, 0.25) is 0 Å². The summed E-state index contributed by atoms with van der Waals surface area (Å²) >= 11 is 0. The van der Waals surface area contributed by atoms with E-state index in [0.29, 0.717) is 16.9 Å². The summed E-state index contributed by atoms with van der Waals surface area (Å²) in [4.78, 5) is 24.2. The van der Waals surface area contributed by atoms with Gasteiger partial charge in [0.25, 0.3) is 11.5 Å². The van der Waals surface area contributed by atoms with Crippen LogP contribution in [0.5, 0.6) is 0 Å². The zero-order valence-corrected chi connectivity index (χ0v) is 15.0. The number of aryl methyl sites for hydroxylation is 2. The summed E-state index contributed by atoms with van der Waals surface area (Å²) < 4.78 is 2.96. The molecule has 0 unspecified atom stereocenters. The Kier molecular flexibility index (Phi) is 5.13. The molecular formula is C19H18N6O2. The van der Waals surface area contributed by atoms with Crippen molar-refractivity contribution in [3.8, 4) is 11.9 Å². The summed E-state index contributed by atoms with van der Waals surface area (Å²) in [6.45, 7) is 4.27. The molecule has 8 nitrogen and oxygen atoms in total. The van der Waals surface area contributed by atoms with E-state index in [2.05, 4.69) is 15.5 Å². The highest BCUT2D eigenvalue weighted by atomic mass is 16.2. The van der Waals surface area contributed by atoms with Gasteiger partial charge in [0.15, 0.2) is 5.82 Å². The Hall–Kier alpha value is -3.73. The maximum Gasteiger partial charge on any atom is 0.266 e. The lowest BCUT2D eigenvalue weighted by molar-refractivity contribution is 0.0951. The molecule has 0 fully saturated rings. The lowest BCUT2D eigenvalue weighted by Gasteiger charge is -2.09. The van der Waals surface area contributed by atoms with Gasteiger partial charge in [-0.25, -0.2) is 9.36 Å². The first-order chi connectivity index (χ1) is 13.0. The van der Waals surface area contributed by atoms with E-state index < -0.39 is 0 Å². The van der Waals surface area contributed by atoms with Crippen LogP contribution in [0.4, 0.5) is 0 Å². The summed E-state index contributed by atoms with van der Waals surface area (Å²) in [7, 11) is 0. The number of carbonyl (C=O) groups is 1. The molecule has 0 aliphatic heterocycles. The second-order valence-electron chi connectivity index (χ2n) is 6.04. The van der Waals surface area contributed by atoms with Crippen LogP contribution in [0.3, 0.4) is 0 Å².